The van der Waals surface area contributed by atoms with Crippen LogP contribution in [-0.2, 0) is 29.6 Å². The maximum absolute atomic E-state index is 15.5. The van der Waals surface area contributed by atoms with Crippen LogP contribution in [0.25, 0.3) is 16.5 Å². The van der Waals surface area contributed by atoms with Gasteiger partial charge in [0.25, 0.3) is 11.5 Å². The number of alkyl halides is 1. The Labute approximate surface area is 325 Å². The number of carbonyl (C=O) groups is 3. The third kappa shape index (κ3) is 6.65. The molecule has 0 spiro atoms. The van der Waals surface area contributed by atoms with Gasteiger partial charge in [0.1, 0.15) is 17.8 Å². The quantitative estimate of drug-likeness (QED) is 0.140. The van der Waals surface area contributed by atoms with Crippen LogP contribution >= 0.6 is 9.24 Å². The second-order valence-electron chi connectivity index (χ2n) is 15.1. The predicted molar refractivity (Wildman–Crippen MR) is 218 cm³/mol. The van der Waals surface area contributed by atoms with Gasteiger partial charge in [-0.05, 0) is 104 Å². The van der Waals surface area contributed by atoms with Crippen LogP contribution in [0.15, 0.2) is 64.5 Å². The minimum Gasteiger partial charge on any atom is -0.404 e. The largest absolute Gasteiger partial charge is 0.404 e. The summed E-state index contributed by atoms with van der Waals surface area (Å²) in [5.41, 5.74) is 13.6. The van der Waals surface area contributed by atoms with Crippen LogP contribution in [0.3, 0.4) is 0 Å². The van der Waals surface area contributed by atoms with Crippen molar-refractivity contribution in [1.82, 2.24) is 14.8 Å². The lowest BCUT2D eigenvalue weighted by Gasteiger charge is -2.34. The van der Waals surface area contributed by atoms with Crippen LogP contribution < -0.4 is 26.4 Å². The molecule has 0 bridgehead atoms. The first-order valence-corrected chi connectivity index (χ1v) is 19.7. The number of aryl methyl sites for hydroxylation is 3. The van der Waals surface area contributed by atoms with Crippen LogP contribution in [-0.4, -0.2) is 65.1 Å². The van der Waals surface area contributed by atoms with Gasteiger partial charge in [-0.3, -0.25) is 29.5 Å². The average Bonchev–Trinajstić information content (AvgIpc) is 3.52. The number of anilines is 3. The van der Waals surface area contributed by atoms with Crippen molar-refractivity contribution < 1.29 is 23.2 Å². The van der Waals surface area contributed by atoms with Crippen LogP contribution in [0.4, 0.5) is 25.8 Å². The fourth-order valence-electron chi connectivity index (χ4n) is 8.73. The van der Waals surface area contributed by atoms with E-state index in [-0.39, 0.29) is 42.5 Å². The van der Waals surface area contributed by atoms with Crippen LogP contribution in [0.5, 0.6) is 0 Å². The van der Waals surface area contributed by atoms with E-state index in [1.165, 1.54) is 17.2 Å². The number of carbonyl (C=O) groups excluding carboxylic acids is 3. The Balaban J connectivity index is 0.988. The number of amides is 3. The second-order valence-corrected chi connectivity index (χ2v) is 15.7. The minimum atomic E-state index is -1.36. The lowest BCUT2D eigenvalue weighted by Crippen LogP contribution is -2.52. The number of nitrogens with zero attached hydrogens (tertiary/aromatic N) is 5. The molecule has 3 atom stereocenters. The van der Waals surface area contributed by atoms with E-state index in [1.54, 1.807) is 17.8 Å². The van der Waals surface area contributed by atoms with Gasteiger partial charge < -0.3 is 25.0 Å². The molecule has 14 heteroatoms. The van der Waals surface area contributed by atoms with Crippen molar-refractivity contribution in [2.75, 3.05) is 29.4 Å². The molecule has 2 fully saturated rings. The molecule has 0 radical (unpaired) electrons. The molecule has 290 valence electrons. The van der Waals surface area contributed by atoms with Crippen LogP contribution in [0.2, 0.25) is 0 Å². The van der Waals surface area contributed by atoms with Crippen molar-refractivity contribution in [2.45, 2.75) is 70.0 Å². The molecule has 3 amide bonds. The number of pyridine rings is 1. The number of nitrogens with two attached hydrogens (primary N) is 1. The van der Waals surface area contributed by atoms with Gasteiger partial charge >= 0.3 is 0 Å². The lowest BCUT2D eigenvalue weighted by molar-refractivity contribution is -0.136. The van der Waals surface area contributed by atoms with Crippen molar-refractivity contribution in [1.29, 1.82) is 0 Å². The van der Waals surface area contributed by atoms with Crippen LogP contribution in [0, 0.1) is 12.7 Å². The van der Waals surface area contributed by atoms with Gasteiger partial charge in [-0.25, -0.2) is 8.78 Å². The second kappa shape index (κ2) is 14.9. The Kier molecular flexibility index (Phi) is 9.99. The Morgan fingerprint density at radius 1 is 1.00 bits per heavy atom. The minimum absolute atomic E-state index is 0.0222. The van der Waals surface area contributed by atoms with Crippen molar-refractivity contribution in [3.05, 3.63) is 104 Å². The fraction of sp³-hybridized carbons (Fsp3) is 0.357. The summed E-state index contributed by atoms with van der Waals surface area (Å²) in [6.45, 7) is 3.88. The molecular weight excluding hydrogens is 735 g/mol. The highest BCUT2D eigenvalue weighted by Gasteiger charge is 2.41. The van der Waals surface area contributed by atoms with E-state index in [4.69, 9.17) is 10.7 Å². The van der Waals surface area contributed by atoms with E-state index in [0.717, 1.165) is 47.2 Å². The Hall–Kier alpha value is -5.42. The molecule has 0 saturated carbocycles. The highest BCUT2D eigenvalue weighted by molar-refractivity contribution is 7.16. The Morgan fingerprint density at radius 3 is 2.52 bits per heavy atom. The molecule has 56 heavy (non-hydrogen) atoms. The first kappa shape index (κ1) is 37.5. The van der Waals surface area contributed by atoms with Gasteiger partial charge in [0.2, 0.25) is 11.8 Å². The zero-order valence-electron chi connectivity index (χ0n) is 31.4. The number of aromatic nitrogens is 1. The number of allylic oxidation sites excluding steroid dienone is 1. The predicted octanol–water partition coefficient (Wildman–Crippen LogP) is 5.71. The summed E-state index contributed by atoms with van der Waals surface area (Å²) >= 11 is 0. The molecule has 3 unspecified atom stereocenters. The van der Waals surface area contributed by atoms with E-state index in [9.17, 15) is 19.2 Å². The zero-order valence-corrected chi connectivity index (χ0v) is 32.5. The van der Waals surface area contributed by atoms with Gasteiger partial charge in [0.15, 0.2) is 0 Å². The molecule has 1 aromatic heterocycles. The molecule has 3 N–H and O–H groups in total. The Bertz CT molecular complexity index is 2420. The summed E-state index contributed by atoms with van der Waals surface area (Å²) in [6, 6.07) is 14.2. The summed E-state index contributed by atoms with van der Waals surface area (Å²) in [5.74, 6) is -3.43. The number of hydrogen-bond acceptors (Lipinski definition) is 8. The zero-order chi connectivity index (χ0) is 39.4. The molecule has 0 aliphatic carbocycles. The molecule has 3 aromatic carbocycles. The standard InChI is InChI=1S/C42H44F2N7O4P/c1-23-15-31-33(48(2)41(23)54)6-3-7-34(31)50-12-4-5-24-17-29(30(39(44)56)19-36(24)50)26(20-45)21-46-27-10-13-49(14-11-27)28-16-25-22-51(42(55)38(25)32(43)18-28)35-8-9-37(52)47-40(35)53/h3,6-7,15-21,27,35,39H,4-5,8-14,22,45,56H2,1-2H3,(H,47,52,53)/b26-20+,46-21?. The Morgan fingerprint density at radius 2 is 1.79 bits per heavy atom. The summed E-state index contributed by atoms with van der Waals surface area (Å²) in [7, 11) is 4.05. The third-order valence-electron chi connectivity index (χ3n) is 11.7. The van der Waals surface area contributed by atoms with Crippen molar-refractivity contribution >= 4 is 66.7 Å². The molecule has 4 aliphatic heterocycles. The monoisotopic (exact) mass is 779 g/mol. The van der Waals surface area contributed by atoms with E-state index in [0.29, 0.717) is 59.4 Å². The topological polar surface area (TPSA) is 133 Å². The van der Waals surface area contributed by atoms with Gasteiger partial charge in [0, 0.05) is 80.0 Å². The van der Waals surface area contributed by atoms with Crippen molar-refractivity contribution in [2.24, 2.45) is 17.8 Å². The fourth-order valence-corrected chi connectivity index (χ4v) is 9.01. The summed E-state index contributed by atoms with van der Waals surface area (Å²) in [6.07, 6.45) is 6.62. The molecule has 8 rings (SSSR count). The molecule has 2 saturated heterocycles. The number of rotatable bonds is 7. The smallest absolute Gasteiger partial charge is 0.258 e. The number of aliphatic imine (C=N–C) groups is 1. The summed E-state index contributed by atoms with van der Waals surface area (Å²) < 4.78 is 32.6. The van der Waals surface area contributed by atoms with E-state index < -0.39 is 29.6 Å². The highest BCUT2D eigenvalue weighted by atomic mass is 31.0. The molecule has 4 aromatic rings. The van der Waals surface area contributed by atoms with Gasteiger partial charge in [-0.1, -0.05) is 15.3 Å². The lowest BCUT2D eigenvalue weighted by atomic mass is 9.92. The van der Waals surface area contributed by atoms with Gasteiger partial charge in [-0.2, -0.15) is 0 Å². The van der Waals surface area contributed by atoms with Crippen LogP contribution in [0.1, 0.15) is 76.2 Å². The normalized spacial score (nSPS) is 19.9. The molecule has 4 aliphatic rings. The first-order valence-electron chi connectivity index (χ1n) is 19.0. The maximum Gasteiger partial charge on any atom is 0.258 e. The maximum atomic E-state index is 15.5. The summed E-state index contributed by atoms with van der Waals surface area (Å²) in [5, 5.41) is 3.24. The number of fused-ring (bicyclic) bond motifs is 3. The van der Waals surface area contributed by atoms with Crippen molar-refractivity contribution in [3.63, 3.8) is 0 Å². The first-order chi connectivity index (χ1) is 26.9. The summed E-state index contributed by atoms with van der Waals surface area (Å²) in [4.78, 5) is 60.5. The molecule has 5 heterocycles. The van der Waals surface area contributed by atoms with Gasteiger partial charge in [-0.15, -0.1) is 0 Å². The number of benzene rings is 3. The highest BCUT2D eigenvalue weighted by Crippen LogP contribution is 2.43. The van der Waals surface area contributed by atoms with E-state index in [2.05, 4.69) is 24.4 Å². The number of imide groups is 1. The molecule has 11 nitrogen and oxygen atoms in total. The van der Waals surface area contributed by atoms with E-state index in [1.807, 2.05) is 49.4 Å². The average molecular weight is 780 g/mol. The third-order valence-corrected chi connectivity index (χ3v) is 12.0. The SMILES string of the molecule is Cc1cc2c(N3CCCc4cc(/C(C=NC5CCN(c6cc(F)c7c(c6)CN(C6CCC(=O)NC6=O)C7=O)CC5)=C/N)c(C(F)P)cc43)cccc2n(C)c1=O. The number of piperidine rings is 2. The van der Waals surface area contributed by atoms with E-state index >= 15 is 8.78 Å². The number of nitrogens with one attached hydrogen (secondary N) is 1. The number of halogens is 2. The number of hydrogen-bond donors (Lipinski definition) is 2. The van der Waals surface area contributed by atoms with Gasteiger partial charge in [0.05, 0.1) is 22.8 Å². The molecular formula is C42H44F2N7O4P. The van der Waals surface area contributed by atoms with Crippen molar-refractivity contribution in [3.8, 4) is 0 Å².